The highest BCUT2D eigenvalue weighted by Gasteiger charge is 2.52. The van der Waals surface area contributed by atoms with E-state index in [-0.39, 0.29) is 49.9 Å². The lowest BCUT2D eigenvalue weighted by Gasteiger charge is -2.33. The molecule has 2 amide bonds. The predicted octanol–water partition coefficient (Wildman–Crippen LogP) is 5.37. The maximum Gasteiger partial charge on any atom is 0.393 e. The number of aromatic nitrogens is 4. The highest BCUT2D eigenvalue weighted by molar-refractivity contribution is 5.95. The molecule has 238 valence electrons. The van der Waals surface area contributed by atoms with Gasteiger partial charge in [0.15, 0.2) is 11.3 Å². The summed E-state index contributed by atoms with van der Waals surface area (Å²) in [6.45, 7) is -0.481. The van der Waals surface area contributed by atoms with Crippen LogP contribution in [0.1, 0.15) is 78.4 Å². The van der Waals surface area contributed by atoms with Gasteiger partial charge >= 0.3 is 6.18 Å². The second kappa shape index (κ2) is 11.0. The fraction of sp³-hybridized carbons (Fsp3) is 0.607. The Bertz CT molecular complexity index is 1540. The molecule has 3 fully saturated rings. The minimum absolute atomic E-state index is 0.0242. The molecule has 1 aliphatic heterocycles. The van der Waals surface area contributed by atoms with Crippen LogP contribution in [0.4, 0.5) is 30.7 Å². The Morgan fingerprint density at radius 1 is 1.11 bits per heavy atom. The molecule has 44 heavy (non-hydrogen) atoms. The molecule has 0 bridgehead atoms. The van der Waals surface area contributed by atoms with Gasteiger partial charge in [-0.2, -0.15) is 27.1 Å². The first-order valence-electron chi connectivity index (χ1n) is 14.4. The number of halogens is 7. The Balaban J connectivity index is 1.26. The summed E-state index contributed by atoms with van der Waals surface area (Å²) in [5.41, 5.74) is -0.403. The summed E-state index contributed by atoms with van der Waals surface area (Å²) in [6.07, 6.45) is -2.87. The first-order chi connectivity index (χ1) is 20.7. The van der Waals surface area contributed by atoms with E-state index in [0.717, 1.165) is 6.26 Å². The number of rotatable bonds is 8. The molecule has 2 unspecified atom stereocenters. The zero-order valence-corrected chi connectivity index (χ0v) is 23.2. The van der Waals surface area contributed by atoms with Crippen molar-refractivity contribution in [2.45, 2.75) is 75.4 Å². The van der Waals surface area contributed by atoms with E-state index in [4.69, 9.17) is 4.52 Å². The minimum atomic E-state index is -4.45. The van der Waals surface area contributed by atoms with E-state index in [1.54, 1.807) is 0 Å². The van der Waals surface area contributed by atoms with Gasteiger partial charge in [0.2, 0.25) is 11.8 Å². The van der Waals surface area contributed by atoms with Crippen LogP contribution in [0, 0.1) is 23.7 Å². The molecule has 2 aliphatic carbocycles. The van der Waals surface area contributed by atoms with Crippen LogP contribution in [0.15, 0.2) is 29.1 Å². The monoisotopic (exact) mass is 630 g/mol. The van der Waals surface area contributed by atoms with E-state index in [1.807, 2.05) is 0 Å². The molecule has 0 spiro atoms. The number of hydrogen-bond donors (Lipinski definition) is 2. The maximum atomic E-state index is 14.9. The molecule has 2 N–H and O–H groups in total. The molecule has 3 aliphatic rings. The first kappa shape index (κ1) is 30.3. The highest BCUT2D eigenvalue weighted by Crippen LogP contribution is 2.50. The van der Waals surface area contributed by atoms with Gasteiger partial charge in [-0.05, 0) is 50.2 Å². The highest BCUT2D eigenvalue weighted by atomic mass is 19.4. The first-order valence-corrected chi connectivity index (χ1v) is 14.4. The van der Waals surface area contributed by atoms with E-state index in [0.29, 0.717) is 5.69 Å². The second-order valence-corrected chi connectivity index (χ2v) is 12.0. The van der Waals surface area contributed by atoms with E-state index < -0.39 is 90.2 Å². The SMILES string of the molecule is O=C(NC(c1cn2nc(CC3C[C@@H](C(F)(F)F)CNC3=O)ccc2n1)C1CCC(F)(F)CC1)c1conc1C(F)(F)C1CC1. The van der Waals surface area contributed by atoms with Gasteiger partial charge in [-0.15, -0.1) is 0 Å². The lowest BCUT2D eigenvalue weighted by atomic mass is 9.81. The average molecular weight is 631 g/mol. The Morgan fingerprint density at radius 3 is 2.52 bits per heavy atom. The van der Waals surface area contributed by atoms with E-state index in [1.165, 1.54) is 22.8 Å². The van der Waals surface area contributed by atoms with Crippen molar-refractivity contribution >= 4 is 17.5 Å². The summed E-state index contributed by atoms with van der Waals surface area (Å²) in [5, 5.41) is 12.8. The zero-order valence-electron chi connectivity index (χ0n) is 23.2. The molecule has 0 aromatic carbocycles. The standard InChI is InChI=1S/C28H29F7N6O3/c29-26(30)7-5-14(6-8-26)22(38-25(43)19-13-44-40-23(19)27(31,32)16-1-2-16)20-12-41-21(37-20)4-3-18(39-41)10-15-9-17(28(33,34)35)11-36-24(15)42/h3-4,12-17,22H,1-2,5-11H2,(H,36,42)(H,38,43)/t15?,17-,22?/m1/s1. The quantitative estimate of drug-likeness (QED) is 0.324. The van der Waals surface area contributed by atoms with Crippen LogP contribution < -0.4 is 10.6 Å². The number of nitrogens with zero attached hydrogens (tertiary/aromatic N) is 4. The molecule has 3 aromatic rings. The molecule has 3 aromatic heterocycles. The van der Waals surface area contributed by atoms with Gasteiger partial charge in [0, 0.05) is 37.6 Å². The summed E-state index contributed by atoms with van der Waals surface area (Å²) in [5.74, 6) is -11.8. The third kappa shape index (κ3) is 6.11. The number of hydrogen-bond acceptors (Lipinski definition) is 6. The summed E-state index contributed by atoms with van der Waals surface area (Å²) in [4.78, 5) is 30.1. The van der Waals surface area contributed by atoms with Crippen molar-refractivity contribution in [2.75, 3.05) is 6.54 Å². The van der Waals surface area contributed by atoms with Crippen LogP contribution >= 0.6 is 0 Å². The number of imidazole rings is 1. The van der Waals surface area contributed by atoms with Crippen molar-refractivity contribution in [1.82, 2.24) is 30.4 Å². The lowest BCUT2D eigenvalue weighted by molar-refractivity contribution is -0.183. The molecule has 2 saturated carbocycles. The van der Waals surface area contributed by atoms with Crippen LogP contribution in [-0.2, 0) is 17.1 Å². The lowest BCUT2D eigenvalue weighted by Crippen LogP contribution is -2.47. The number of nitrogens with one attached hydrogen (secondary N) is 2. The van der Waals surface area contributed by atoms with Crippen molar-refractivity contribution in [1.29, 1.82) is 0 Å². The third-order valence-electron chi connectivity index (χ3n) is 8.83. The Labute approximate surface area is 245 Å². The molecule has 4 heterocycles. The van der Waals surface area contributed by atoms with Crippen LogP contribution in [0.25, 0.3) is 5.65 Å². The number of alkyl halides is 7. The fourth-order valence-electron chi connectivity index (χ4n) is 6.10. The number of carbonyl (C=O) groups excluding carboxylic acids is 2. The molecular formula is C28H29F7N6O3. The maximum absolute atomic E-state index is 14.9. The Morgan fingerprint density at radius 2 is 1.84 bits per heavy atom. The zero-order chi connectivity index (χ0) is 31.4. The summed E-state index contributed by atoms with van der Waals surface area (Å²) >= 11 is 0. The molecule has 16 heteroatoms. The topological polar surface area (TPSA) is 114 Å². The minimum Gasteiger partial charge on any atom is -0.363 e. The van der Waals surface area contributed by atoms with Crippen LogP contribution in [0.2, 0.25) is 0 Å². The fourth-order valence-corrected chi connectivity index (χ4v) is 6.10. The van der Waals surface area contributed by atoms with E-state index in [9.17, 15) is 40.3 Å². The van der Waals surface area contributed by atoms with Crippen LogP contribution in [0.3, 0.4) is 0 Å². The van der Waals surface area contributed by atoms with Gasteiger partial charge in [0.05, 0.1) is 29.5 Å². The summed E-state index contributed by atoms with van der Waals surface area (Å²) in [7, 11) is 0. The number of amides is 2. The van der Waals surface area contributed by atoms with Crippen molar-refractivity contribution in [2.24, 2.45) is 23.7 Å². The van der Waals surface area contributed by atoms with Crippen molar-refractivity contribution in [3.05, 3.63) is 47.2 Å². The van der Waals surface area contributed by atoms with E-state index >= 15 is 0 Å². The normalized spacial score (nSPS) is 23.8. The average Bonchev–Trinajstić information content (AvgIpc) is 3.55. The van der Waals surface area contributed by atoms with E-state index in [2.05, 4.69) is 25.9 Å². The number of carbonyl (C=O) groups is 2. The third-order valence-corrected chi connectivity index (χ3v) is 8.83. The Hall–Kier alpha value is -3.72. The van der Waals surface area contributed by atoms with Crippen molar-refractivity contribution < 1.29 is 44.8 Å². The smallest absolute Gasteiger partial charge is 0.363 e. The second-order valence-electron chi connectivity index (χ2n) is 12.0. The van der Waals surface area contributed by atoms with Crippen molar-refractivity contribution in [3.8, 4) is 0 Å². The predicted molar refractivity (Wildman–Crippen MR) is 138 cm³/mol. The van der Waals surface area contributed by atoms with Crippen LogP contribution in [0.5, 0.6) is 0 Å². The van der Waals surface area contributed by atoms with Gasteiger partial charge in [0.25, 0.3) is 11.8 Å². The molecule has 1 saturated heterocycles. The molecule has 3 atom stereocenters. The van der Waals surface area contributed by atoms with Gasteiger partial charge in [0.1, 0.15) is 11.8 Å². The van der Waals surface area contributed by atoms with Gasteiger partial charge in [-0.3, -0.25) is 9.59 Å². The van der Waals surface area contributed by atoms with Crippen molar-refractivity contribution in [3.63, 3.8) is 0 Å². The van der Waals surface area contributed by atoms with Gasteiger partial charge < -0.3 is 15.2 Å². The van der Waals surface area contributed by atoms with Gasteiger partial charge in [-0.25, -0.2) is 18.3 Å². The van der Waals surface area contributed by atoms with Gasteiger partial charge in [-0.1, -0.05) is 5.16 Å². The largest absolute Gasteiger partial charge is 0.393 e. The summed E-state index contributed by atoms with van der Waals surface area (Å²) in [6, 6.07) is 2.10. The summed E-state index contributed by atoms with van der Waals surface area (Å²) < 4.78 is 104. The van der Waals surface area contributed by atoms with Crippen LogP contribution in [-0.4, -0.2) is 50.2 Å². The Kier molecular flexibility index (Phi) is 7.59. The molecule has 9 nitrogen and oxygen atoms in total. The number of piperidine rings is 1. The number of fused-ring (bicyclic) bond motifs is 1. The molecule has 0 radical (unpaired) electrons. The molecular weight excluding hydrogens is 601 g/mol. The molecule has 6 rings (SSSR count).